The van der Waals surface area contributed by atoms with Crippen LogP contribution in [0.1, 0.15) is 71.9 Å². The van der Waals surface area contributed by atoms with Crippen molar-refractivity contribution >= 4 is 29.3 Å². The lowest BCUT2D eigenvalue weighted by Crippen LogP contribution is -2.50. The Morgan fingerprint density at radius 1 is 1.22 bits per heavy atom. The van der Waals surface area contributed by atoms with Crippen LogP contribution in [-0.4, -0.2) is 50.7 Å². The number of hydrogen-bond acceptors (Lipinski definition) is 7. The number of amides is 2. The molecule has 2 amide bonds. The van der Waals surface area contributed by atoms with E-state index in [9.17, 15) is 14.0 Å². The minimum atomic E-state index is -0.879. The molecule has 1 fully saturated rings. The van der Waals surface area contributed by atoms with Crippen molar-refractivity contribution in [3.63, 3.8) is 0 Å². The van der Waals surface area contributed by atoms with Crippen LogP contribution in [0.15, 0.2) is 12.3 Å². The predicted octanol–water partition coefficient (Wildman–Crippen LogP) is 4.74. The SMILES string of the molecule is COc1nnc(Cl)cc1[C@H](C)n1cc(NC(=O)[C@@H](NC(=O)OC(C)(C)C)[C@H]2CC[C@H](C)CC2)c(F)n1. The smallest absolute Gasteiger partial charge is 0.408 e. The highest BCUT2D eigenvalue weighted by Crippen LogP contribution is 2.32. The molecular weight excluding hydrogens is 491 g/mol. The Bertz CT molecular complexity index is 1080. The van der Waals surface area contributed by atoms with Gasteiger partial charge in [-0.25, -0.2) is 4.79 Å². The Morgan fingerprint density at radius 2 is 1.89 bits per heavy atom. The minimum Gasteiger partial charge on any atom is -0.480 e. The second kappa shape index (κ2) is 11.4. The van der Waals surface area contributed by atoms with E-state index < -0.39 is 35.6 Å². The highest BCUT2D eigenvalue weighted by Gasteiger charge is 2.34. The van der Waals surface area contributed by atoms with Gasteiger partial charge in [0.1, 0.15) is 17.3 Å². The molecule has 2 aromatic rings. The van der Waals surface area contributed by atoms with Gasteiger partial charge in [-0.15, -0.1) is 15.3 Å². The second-order valence-electron chi connectivity index (χ2n) is 10.3. The number of alkyl carbamates (subject to hydrolysis) is 1. The standard InChI is InChI=1S/C24H34ClFN6O4/c1-13-7-9-15(10-8-13)19(28-23(34)36-24(3,4)5)21(33)27-17-12-32(31-20(17)26)14(2)16-11-18(25)29-30-22(16)35-6/h11-15,19H,7-10H2,1-6H3,(H,27,33)(H,28,34)/t13-,14-,15-,19-/m0/s1. The topological polar surface area (TPSA) is 120 Å². The molecule has 1 aliphatic rings. The fourth-order valence-corrected chi connectivity index (χ4v) is 4.44. The number of anilines is 1. The summed E-state index contributed by atoms with van der Waals surface area (Å²) in [5.41, 5.74) is -0.292. The summed E-state index contributed by atoms with van der Waals surface area (Å²) >= 11 is 5.98. The quantitative estimate of drug-likeness (QED) is 0.536. The monoisotopic (exact) mass is 524 g/mol. The van der Waals surface area contributed by atoms with Crippen molar-refractivity contribution in [1.29, 1.82) is 0 Å². The Balaban J connectivity index is 1.80. The van der Waals surface area contributed by atoms with Crippen LogP contribution in [0, 0.1) is 17.8 Å². The molecule has 2 heterocycles. The van der Waals surface area contributed by atoms with Crippen molar-refractivity contribution in [3.8, 4) is 5.88 Å². The number of carbonyl (C=O) groups excluding carboxylic acids is 2. The van der Waals surface area contributed by atoms with Gasteiger partial charge in [0.2, 0.25) is 11.8 Å². The van der Waals surface area contributed by atoms with Crippen LogP contribution in [0.4, 0.5) is 14.9 Å². The number of nitrogens with zero attached hydrogens (tertiary/aromatic N) is 4. The number of ether oxygens (including phenoxy) is 2. The molecule has 0 spiro atoms. The number of nitrogens with one attached hydrogen (secondary N) is 2. The van der Waals surface area contributed by atoms with Gasteiger partial charge in [0.25, 0.3) is 5.95 Å². The molecular formula is C24H34ClFN6O4. The molecule has 36 heavy (non-hydrogen) atoms. The van der Waals surface area contributed by atoms with E-state index in [1.165, 1.54) is 18.0 Å². The number of methoxy groups -OCH3 is 1. The maximum Gasteiger partial charge on any atom is 0.408 e. The van der Waals surface area contributed by atoms with Crippen molar-refractivity contribution in [2.45, 2.75) is 78.0 Å². The average molecular weight is 525 g/mol. The third-order valence-electron chi connectivity index (χ3n) is 6.23. The number of aromatic nitrogens is 4. The van der Waals surface area contributed by atoms with Crippen molar-refractivity contribution in [2.75, 3.05) is 12.4 Å². The summed E-state index contributed by atoms with van der Waals surface area (Å²) in [6.45, 7) is 9.15. The molecule has 0 unspecified atom stereocenters. The first-order valence-corrected chi connectivity index (χ1v) is 12.4. The molecule has 0 radical (unpaired) electrons. The predicted molar refractivity (Wildman–Crippen MR) is 133 cm³/mol. The van der Waals surface area contributed by atoms with E-state index in [1.54, 1.807) is 33.8 Å². The molecule has 0 bridgehead atoms. The molecule has 0 aromatic carbocycles. The Morgan fingerprint density at radius 3 is 2.50 bits per heavy atom. The zero-order chi connectivity index (χ0) is 26.6. The number of rotatable bonds is 7. The Hall–Kier alpha value is -2.95. The first-order chi connectivity index (χ1) is 16.9. The lowest BCUT2D eigenvalue weighted by Gasteiger charge is -2.32. The zero-order valence-electron chi connectivity index (χ0n) is 21.5. The van der Waals surface area contributed by atoms with E-state index >= 15 is 0 Å². The highest BCUT2D eigenvalue weighted by atomic mass is 35.5. The van der Waals surface area contributed by atoms with E-state index in [1.807, 2.05) is 0 Å². The lowest BCUT2D eigenvalue weighted by atomic mass is 9.79. The summed E-state index contributed by atoms with van der Waals surface area (Å²) in [5.74, 6) is -0.716. The Kier molecular flexibility index (Phi) is 8.76. The fourth-order valence-electron chi connectivity index (χ4n) is 4.28. The maximum absolute atomic E-state index is 14.8. The Labute approximate surface area is 215 Å². The summed E-state index contributed by atoms with van der Waals surface area (Å²) in [7, 11) is 1.44. The van der Waals surface area contributed by atoms with Crippen LogP contribution in [0.5, 0.6) is 5.88 Å². The number of halogens is 2. The lowest BCUT2D eigenvalue weighted by molar-refractivity contribution is -0.119. The van der Waals surface area contributed by atoms with Gasteiger partial charge in [0.05, 0.1) is 19.3 Å². The van der Waals surface area contributed by atoms with Crippen molar-refractivity contribution < 1.29 is 23.5 Å². The summed E-state index contributed by atoms with van der Waals surface area (Å²) in [6.07, 6.45) is 4.10. The van der Waals surface area contributed by atoms with Crippen LogP contribution in [0.2, 0.25) is 5.15 Å². The van der Waals surface area contributed by atoms with Crippen LogP contribution >= 0.6 is 11.6 Å². The molecule has 1 aliphatic carbocycles. The largest absolute Gasteiger partial charge is 0.480 e. The summed E-state index contributed by atoms with van der Waals surface area (Å²) in [6, 6.07) is 0.153. The maximum atomic E-state index is 14.8. The van der Waals surface area contributed by atoms with E-state index in [-0.39, 0.29) is 22.6 Å². The van der Waals surface area contributed by atoms with E-state index in [2.05, 4.69) is 32.9 Å². The third kappa shape index (κ3) is 7.05. The zero-order valence-corrected chi connectivity index (χ0v) is 22.2. The molecule has 0 aliphatic heterocycles. The third-order valence-corrected chi connectivity index (χ3v) is 6.41. The first kappa shape index (κ1) is 27.6. The van der Waals surface area contributed by atoms with Crippen LogP contribution in [0.25, 0.3) is 0 Å². The fraction of sp³-hybridized carbons (Fsp3) is 0.625. The summed E-state index contributed by atoms with van der Waals surface area (Å²) < 4.78 is 26.7. The second-order valence-corrected chi connectivity index (χ2v) is 10.6. The van der Waals surface area contributed by atoms with Gasteiger partial charge in [-0.2, -0.15) is 4.39 Å². The minimum absolute atomic E-state index is 0.0972. The van der Waals surface area contributed by atoms with Gasteiger partial charge in [0, 0.05) is 5.56 Å². The molecule has 1 saturated carbocycles. The molecule has 10 nitrogen and oxygen atoms in total. The molecule has 2 atom stereocenters. The van der Waals surface area contributed by atoms with Gasteiger partial charge in [-0.3, -0.25) is 9.48 Å². The normalized spacial score (nSPS) is 19.8. The van der Waals surface area contributed by atoms with Gasteiger partial charge in [-0.1, -0.05) is 31.4 Å². The van der Waals surface area contributed by atoms with Gasteiger partial charge >= 0.3 is 6.09 Å². The summed E-state index contributed by atoms with van der Waals surface area (Å²) in [5, 5.41) is 17.0. The molecule has 3 rings (SSSR count). The van der Waals surface area contributed by atoms with E-state index in [0.29, 0.717) is 11.5 Å². The van der Waals surface area contributed by atoms with Gasteiger partial charge in [0.15, 0.2) is 5.15 Å². The van der Waals surface area contributed by atoms with Gasteiger partial charge < -0.3 is 20.1 Å². The molecule has 12 heteroatoms. The van der Waals surface area contributed by atoms with Crippen molar-refractivity contribution in [1.82, 2.24) is 25.3 Å². The summed E-state index contributed by atoms with van der Waals surface area (Å²) in [4.78, 5) is 25.8. The molecule has 2 N–H and O–H groups in total. The highest BCUT2D eigenvalue weighted by molar-refractivity contribution is 6.29. The van der Waals surface area contributed by atoms with Crippen LogP contribution in [-0.2, 0) is 9.53 Å². The van der Waals surface area contributed by atoms with Crippen LogP contribution in [0.3, 0.4) is 0 Å². The van der Waals surface area contributed by atoms with E-state index in [4.69, 9.17) is 21.1 Å². The molecule has 2 aromatic heterocycles. The van der Waals surface area contributed by atoms with Gasteiger partial charge in [-0.05, 0) is 58.4 Å². The van der Waals surface area contributed by atoms with E-state index in [0.717, 1.165) is 25.7 Å². The number of hydrogen-bond donors (Lipinski definition) is 2. The number of carbonyl (C=O) groups is 2. The van der Waals surface area contributed by atoms with Crippen molar-refractivity contribution in [2.24, 2.45) is 11.8 Å². The van der Waals surface area contributed by atoms with Crippen LogP contribution < -0.4 is 15.4 Å². The molecule has 198 valence electrons. The first-order valence-electron chi connectivity index (χ1n) is 12.0. The average Bonchev–Trinajstić information content (AvgIpc) is 3.16. The van der Waals surface area contributed by atoms with Crippen molar-refractivity contribution in [3.05, 3.63) is 28.9 Å². The molecule has 0 saturated heterocycles.